The van der Waals surface area contributed by atoms with Crippen LogP contribution in [-0.2, 0) is 4.79 Å². The van der Waals surface area contributed by atoms with Gasteiger partial charge in [-0.2, -0.15) is 0 Å². The van der Waals surface area contributed by atoms with E-state index in [0.717, 1.165) is 0 Å². The Morgan fingerprint density at radius 3 is 2.29 bits per heavy atom. The number of benzene rings is 1. The van der Waals surface area contributed by atoms with E-state index < -0.39 is 24.5 Å². The summed E-state index contributed by atoms with van der Waals surface area (Å²) >= 11 is 11.6. The van der Waals surface area contributed by atoms with E-state index in [2.05, 4.69) is 5.32 Å². The monoisotopic (exact) mass is 277 g/mol. The number of hydrogen-bond donors (Lipinski definition) is 3. The smallest absolute Gasteiger partial charge is 0.334 e. The van der Waals surface area contributed by atoms with Crippen LogP contribution >= 0.6 is 23.2 Å². The molecule has 0 radical (unpaired) electrons. The summed E-state index contributed by atoms with van der Waals surface area (Å²) in [5.74, 6) is -2.06. The van der Waals surface area contributed by atoms with Crippen molar-refractivity contribution in [2.24, 2.45) is 0 Å². The first-order chi connectivity index (χ1) is 7.93. The van der Waals surface area contributed by atoms with E-state index in [1.807, 2.05) is 0 Å². The number of carboxylic acids is 1. The lowest BCUT2D eigenvalue weighted by atomic mass is 10.2. The van der Waals surface area contributed by atoms with Gasteiger partial charge in [0.1, 0.15) is 0 Å². The number of carbonyl (C=O) groups excluding carboxylic acids is 1. The molecule has 1 aromatic rings. The molecule has 3 N–H and O–H groups in total. The normalized spacial score (nSPS) is 11.9. The maximum absolute atomic E-state index is 11.6. The maximum atomic E-state index is 11.6. The molecule has 0 bridgehead atoms. The van der Waals surface area contributed by atoms with E-state index >= 15 is 0 Å². The summed E-state index contributed by atoms with van der Waals surface area (Å²) in [5.41, 5.74) is 0.0495. The largest absolute Gasteiger partial charge is 0.479 e. The number of aliphatic hydroxyl groups excluding tert-OH is 1. The van der Waals surface area contributed by atoms with Crippen LogP contribution in [0.1, 0.15) is 10.4 Å². The minimum Gasteiger partial charge on any atom is -0.479 e. The molecule has 0 spiro atoms. The number of amides is 1. The first-order valence-corrected chi connectivity index (χ1v) is 5.32. The Labute approximate surface area is 107 Å². The second-order valence-corrected chi connectivity index (χ2v) is 3.98. The van der Waals surface area contributed by atoms with Crippen LogP contribution in [0.2, 0.25) is 10.0 Å². The van der Waals surface area contributed by atoms with Crippen molar-refractivity contribution in [2.75, 3.05) is 6.54 Å². The van der Waals surface area contributed by atoms with Gasteiger partial charge in [0, 0.05) is 0 Å². The highest BCUT2D eigenvalue weighted by molar-refractivity contribution is 6.39. The van der Waals surface area contributed by atoms with Gasteiger partial charge in [-0.15, -0.1) is 0 Å². The highest BCUT2D eigenvalue weighted by Gasteiger charge is 2.18. The minimum absolute atomic E-state index is 0.0495. The fraction of sp³-hybridized carbons (Fsp3) is 0.200. The van der Waals surface area contributed by atoms with E-state index in [1.54, 1.807) is 6.07 Å². The standard InChI is InChI=1S/C10H9Cl2NO4/c11-5-2-1-3-6(12)8(5)9(15)13-4-7(14)10(16)17/h1-3,7,14H,4H2,(H,13,15)(H,16,17). The lowest BCUT2D eigenvalue weighted by Gasteiger charge is -2.09. The Hall–Kier alpha value is -1.30. The summed E-state index contributed by atoms with van der Waals surface area (Å²) in [5, 5.41) is 19.9. The van der Waals surface area contributed by atoms with Gasteiger partial charge in [0.2, 0.25) is 0 Å². The van der Waals surface area contributed by atoms with Crippen LogP contribution in [0.5, 0.6) is 0 Å². The lowest BCUT2D eigenvalue weighted by Crippen LogP contribution is -2.36. The van der Waals surface area contributed by atoms with Crippen molar-refractivity contribution in [1.82, 2.24) is 5.32 Å². The molecule has 1 atom stereocenters. The summed E-state index contributed by atoms with van der Waals surface area (Å²) in [7, 11) is 0. The van der Waals surface area contributed by atoms with E-state index in [9.17, 15) is 9.59 Å². The topological polar surface area (TPSA) is 86.6 Å². The predicted molar refractivity (Wildman–Crippen MR) is 62.4 cm³/mol. The summed E-state index contributed by atoms with van der Waals surface area (Å²) in [4.78, 5) is 22.0. The second-order valence-electron chi connectivity index (χ2n) is 3.16. The van der Waals surface area contributed by atoms with Crippen LogP contribution in [-0.4, -0.2) is 34.7 Å². The van der Waals surface area contributed by atoms with Crippen molar-refractivity contribution in [3.8, 4) is 0 Å². The Morgan fingerprint density at radius 1 is 1.29 bits per heavy atom. The molecule has 1 amide bonds. The van der Waals surface area contributed by atoms with Crippen LogP contribution in [0.3, 0.4) is 0 Å². The van der Waals surface area contributed by atoms with Crippen LogP contribution in [0, 0.1) is 0 Å². The number of halogens is 2. The van der Waals surface area contributed by atoms with Crippen LogP contribution in [0.25, 0.3) is 0 Å². The first-order valence-electron chi connectivity index (χ1n) is 4.56. The number of carbonyl (C=O) groups is 2. The molecule has 0 aliphatic heterocycles. The number of aliphatic carboxylic acids is 1. The Bertz CT molecular complexity index is 430. The summed E-state index contributed by atoms with van der Waals surface area (Å²) in [6.07, 6.45) is -1.67. The molecular formula is C10H9Cl2NO4. The van der Waals surface area contributed by atoms with Gasteiger partial charge in [0.05, 0.1) is 22.2 Å². The number of rotatable bonds is 4. The molecule has 17 heavy (non-hydrogen) atoms. The van der Waals surface area contributed by atoms with E-state index in [-0.39, 0.29) is 15.6 Å². The van der Waals surface area contributed by atoms with Crippen LogP contribution < -0.4 is 5.32 Å². The Balaban J connectivity index is 2.74. The fourth-order valence-electron chi connectivity index (χ4n) is 1.08. The fourth-order valence-corrected chi connectivity index (χ4v) is 1.65. The molecule has 0 aliphatic carbocycles. The summed E-state index contributed by atoms with van der Waals surface area (Å²) < 4.78 is 0. The van der Waals surface area contributed by atoms with Crippen LogP contribution in [0.4, 0.5) is 0 Å². The van der Waals surface area contributed by atoms with Gasteiger partial charge in [0.25, 0.3) is 5.91 Å². The van der Waals surface area contributed by atoms with Crippen molar-refractivity contribution >= 4 is 35.1 Å². The first kappa shape index (κ1) is 13.8. The van der Waals surface area contributed by atoms with Crippen molar-refractivity contribution in [3.05, 3.63) is 33.8 Å². The Kier molecular flexibility index (Phi) is 4.74. The number of carboxylic acid groups (broad SMARTS) is 1. The molecule has 5 nitrogen and oxygen atoms in total. The molecule has 0 fully saturated rings. The van der Waals surface area contributed by atoms with Gasteiger partial charge in [-0.25, -0.2) is 4.79 Å². The maximum Gasteiger partial charge on any atom is 0.334 e. The van der Waals surface area contributed by atoms with Gasteiger partial charge in [0.15, 0.2) is 6.10 Å². The average molecular weight is 278 g/mol. The molecule has 1 aromatic carbocycles. The molecule has 0 aliphatic rings. The van der Waals surface area contributed by atoms with E-state index in [1.165, 1.54) is 12.1 Å². The molecule has 0 aromatic heterocycles. The van der Waals surface area contributed by atoms with Gasteiger partial charge < -0.3 is 15.5 Å². The molecule has 0 saturated carbocycles. The summed E-state index contributed by atoms with van der Waals surface area (Å²) in [6, 6.07) is 4.54. The molecular weight excluding hydrogens is 269 g/mol. The van der Waals surface area contributed by atoms with Gasteiger partial charge >= 0.3 is 5.97 Å². The molecule has 0 saturated heterocycles. The highest BCUT2D eigenvalue weighted by Crippen LogP contribution is 2.23. The van der Waals surface area contributed by atoms with E-state index in [0.29, 0.717) is 0 Å². The highest BCUT2D eigenvalue weighted by atomic mass is 35.5. The molecule has 1 rings (SSSR count). The molecule has 1 unspecified atom stereocenters. The van der Waals surface area contributed by atoms with Crippen LogP contribution in [0.15, 0.2) is 18.2 Å². The van der Waals surface area contributed by atoms with Gasteiger partial charge in [-0.1, -0.05) is 29.3 Å². The van der Waals surface area contributed by atoms with E-state index in [4.69, 9.17) is 33.4 Å². The van der Waals surface area contributed by atoms with Crippen molar-refractivity contribution in [2.45, 2.75) is 6.10 Å². The number of nitrogens with one attached hydrogen (secondary N) is 1. The average Bonchev–Trinajstić information content (AvgIpc) is 2.25. The Morgan fingerprint density at radius 2 is 1.82 bits per heavy atom. The summed E-state index contributed by atoms with van der Waals surface area (Å²) in [6.45, 7) is -0.421. The zero-order valence-corrected chi connectivity index (χ0v) is 10.00. The SMILES string of the molecule is O=C(NCC(O)C(=O)O)c1c(Cl)cccc1Cl. The minimum atomic E-state index is -1.67. The number of hydrogen-bond acceptors (Lipinski definition) is 3. The predicted octanol–water partition coefficient (Wildman–Crippen LogP) is 1.17. The zero-order chi connectivity index (χ0) is 13.0. The third-order valence-corrected chi connectivity index (χ3v) is 2.56. The van der Waals surface area contributed by atoms with Crippen molar-refractivity contribution in [1.29, 1.82) is 0 Å². The molecule has 92 valence electrons. The van der Waals surface area contributed by atoms with Crippen molar-refractivity contribution < 1.29 is 19.8 Å². The lowest BCUT2D eigenvalue weighted by molar-refractivity contribution is -0.146. The van der Waals surface area contributed by atoms with Gasteiger partial charge in [-0.05, 0) is 12.1 Å². The quantitative estimate of drug-likeness (QED) is 0.771. The number of aliphatic hydroxyl groups is 1. The van der Waals surface area contributed by atoms with Crippen molar-refractivity contribution in [3.63, 3.8) is 0 Å². The third kappa shape index (κ3) is 3.59. The molecule has 0 heterocycles. The second kappa shape index (κ2) is 5.86. The third-order valence-electron chi connectivity index (χ3n) is 1.93. The van der Waals surface area contributed by atoms with Gasteiger partial charge in [-0.3, -0.25) is 4.79 Å². The zero-order valence-electron chi connectivity index (χ0n) is 8.48. The molecule has 7 heteroatoms.